The lowest BCUT2D eigenvalue weighted by atomic mass is 10.1. The first-order valence-corrected chi connectivity index (χ1v) is 12.4. The number of carbonyl (C=O) groups excluding carboxylic acids is 1. The molecule has 1 aromatic heterocycles. The van der Waals surface area contributed by atoms with E-state index in [-0.39, 0.29) is 17.5 Å². The Balaban J connectivity index is 1.86. The summed E-state index contributed by atoms with van der Waals surface area (Å²) in [6.45, 7) is 7.20. The molecule has 0 radical (unpaired) electrons. The van der Waals surface area contributed by atoms with Crippen molar-refractivity contribution in [2.75, 3.05) is 6.54 Å². The Morgan fingerprint density at radius 3 is 2.31 bits per heavy atom. The second-order valence-corrected chi connectivity index (χ2v) is 9.01. The monoisotopic (exact) mass is 467 g/mol. The highest BCUT2D eigenvalue weighted by Crippen LogP contribution is 2.27. The summed E-state index contributed by atoms with van der Waals surface area (Å²) in [5.41, 5.74) is 3.37. The molecule has 0 N–H and O–H groups in total. The molecular weight excluding hydrogens is 434 g/mol. The predicted molar refractivity (Wildman–Crippen MR) is 142 cm³/mol. The van der Waals surface area contributed by atoms with Crippen molar-refractivity contribution in [2.45, 2.75) is 52.6 Å². The Bertz CT molecular complexity index is 1340. The molecule has 1 amide bonds. The summed E-state index contributed by atoms with van der Waals surface area (Å²) < 4.78 is 1.76. The van der Waals surface area contributed by atoms with Crippen molar-refractivity contribution in [3.63, 3.8) is 0 Å². The number of hydrogen-bond donors (Lipinski definition) is 0. The van der Waals surface area contributed by atoms with Crippen molar-refractivity contribution in [3.8, 4) is 0 Å². The molecule has 1 unspecified atom stereocenters. The Morgan fingerprint density at radius 1 is 0.943 bits per heavy atom. The summed E-state index contributed by atoms with van der Waals surface area (Å²) in [5.74, 6) is 0.607. The number of fused-ring (bicyclic) bond motifs is 1. The van der Waals surface area contributed by atoms with Gasteiger partial charge in [-0.25, -0.2) is 4.98 Å². The molecule has 3 aromatic carbocycles. The fraction of sp³-hybridized carbons (Fsp3) is 0.300. The minimum atomic E-state index is -0.323. The van der Waals surface area contributed by atoms with Gasteiger partial charge in [0.1, 0.15) is 5.82 Å². The number of aryl methyl sites for hydroxylation is 1. The predicted octanol–water partition coefficient (Wildman–Crippen LogP) is 6.15. The van der Waals surface area contributed by atoms with Crippen molar-refractivity contribution < 1.29 is 4.79 Å². The second-order valence-electron chi connectivity index (χ2n) is 9.01. The van der Waals surface area contributed by atoms with Crippen molar-refractivity contribution in [2.24, 2.45) is 0 Å². The first-order chi connectivity index (χ1) is 17.0. The molecule has 180 valence electrons. The number of hydrogen-bond acceptors (Lipinski definition) is 3. The van der Waals surface area contributed by atoms with Gasteiger partial charge < -0.3 is 4.90 Å². The van der Waals surface area contributed by atoms with E-state index in [9.17, 15) is 9.59 Å². The SMILES string of the molecule is CCCCN(C(=O)c1ccc(C)cc1)C(CC)c1nc2ccccc2c(=O)n1Cc1ccccc1. The summed E-state index contributed by atoms with van der Waals surface area (Å²) in [5, 5.41) is 0.590. The molecular formula is C30H33N3O2. The maximum atomic E-state index is 13.8. The molecule has 0 aliphatic rings. The third-order valence-electron chi connectivity index (χ3n) is 6.45. The van der Waals surface area contributed by atoms with Gasteiger partial charge >= 0.3 is 0 Å². The largest absolute Gasteiger partial charge is 0.328 e. The van der Waals surface area contributed by atoms with Gasteiger partial charge in [0, 0.05) is 12.1 Å². The highest BCUT2D eigenvalue weighted by Gasteiger charge is 2.29. The lowest BCUT2D eigenvalue weighted by molar-refractivity contribution is 0.0654. The van der Waals surface area contributed by atoms with Gasteiger partial charge in [0.05, 0.1) is 23.5 Å². The van der Waals surface area contributed by atoms with E-state index >= 15 is 0 Å². The maximum Gasteiger partial charge on any atom is 0.261 e. The van der Waals surface area contributed by atoms with Gasteiger partial charge in [0.15, 0.2) is 0 Å². The van der Waals surface area contributed by atoms with Gasteiger partial charge in [-0.15, -0.1) is 0 Å². The van der Waals surface area contributed by atoms with Crippen LogP contribution in [0.5, 0.6) is 0 Å². The Kier molecular flexibility index (Phi) is 7.76. The smallest absolute Gasteiger partial charge is 0.261 e. The quantitative estimate of drug-likeness (QED) is 0.297. The molecule has 4 rings (SSSR count). The zero-order valence-corrected chi connectivity index (χ0v) is 20.8. The first-order valence-electron chi connectivity index (χ1n) is 12.4. The number of aromatic nitrogens is 2. The van der Waals surface area contributed by atoms with Gasteiger partial charge in [-0.2, -0.15) is 0 Å². The highest BCUT2D eigenvalue weighted by atomic mass is 16.2. The van der Waals surface area contributed by atoms with E-state index in [4.69, 9.17) is 4.98 Å². The fourth-order valence-electron chi connectivity index (χ4n) is 4.49. The molecule has 5 nitrogen and oxygen atoms in total. The van der Waals surface area contributed by atoms with Crippen LogP contribution >= 0.6 is 0 Å². The van der Waals surface area contributed by atoms with E-state index in [0.717, 1.165) is 24.0 Å². The number of benzene rings is 3. The van der Waals surface area contributed by atoms with E-state index < -0.39 is 0 Å². The second kappa shape index (κ2) is 11.1. The van der Waals surface area contributed by atoms with Crippen molar-refractivity contribution >= 4 is 16.8 Å². The van der Waals surface area contributed by atoms with Crippen LogP contribution in [0.1, 0.15) is 66.5 Å². The number of unbranched alkanes of at least 4 members (excludes halogenated alkanes) is 1. The summed E-state index contributed by atoms with van der Waals surface area (Å²) >= 11 is 0. The zero-order valence-electron chi connectivity index (χ0n) is 20.8. The van der Waals surface area contributed by atoms with Crippen LogP contribution in [0.15, 0.2) is 83.7 Å². The van der Waals surface area contributed by atoms with Crippen LogP contribution in [0.4, 0.5) is 0 Å². The standard InChI is InChI=1S/C30H33N3O2/c1-4-6-20-32(29(34)24-18-16-22(3)17-19-24)27(5-2)28-31-26-15-11-10-14-25(26)30(35)33(28)21-23-12-8-7-9-13-23/h7-19,27H,4-6,20-21H2,1-3H3. The Morgan fingerprint density at radius 2 is 1.63 bits per heavy atom. The van der Waals surface area contributed by atoms with E-state index in [2.05, 4.69) is 13.8 Å². The van der Waals surface area contributed by atoms with Gasteiger partial charge in [-0.3, -0.25) is 14.2 Å². The van der Waals surface area contributed by atoms with Crippen LogP contribution in [-0.4, -0.2) is 26.9 Å². The van der Waals surface area contributed by atoms with Crippen LogP contribution in [-0.2, 0) is 6.54 Å². The molecule has 1 heterocycles. The molecule has 4 aromatic rings. The number of amides is 1. The van der Waals surface area contributed by atoms with E-state index in [1.807, 2.05) is 90.7 Å². The summed E-state index contributed by atoms with van der Waals surface area (Å²) in [6.07, 6.45) is 2.50. The molecule has 0 bridgehead atoms. The van der Waals surface area contributed by atoms with E-state index in [0.29, 0.717) is 41.8 Å². The topological polar surface area (TPSA) is 55.2 Å². The minimum absolute atomic E-state index is 0.0287. The van der Waals surface area contributed by atoms with Crippen molar-refractivity contribution in [1.82, 2.24) is 14.5 Å². The van der Waals surface area contributed by atoms with Gasteiger partial charge in [-0.1, -0.05) is 80.4 Å². The average molecular weight is 468 g/mol. The molecule has 1 atom stereocenters. The summed E-state index contributed by atoms with van der Waals surface area (Å²) in [7, 11) is 0. The number of rotatable bonds is 9. The molecule has 0 saturated carbocycles. The maximum absolute atomic E-state index is 13.8. The van der Waals surface area contributed by atoms with E-state index in [1.54, 1.807) is 4.57 Å². The number of para-hydroxylation sites is 1. The van der Waals surface area contributed by atoms with Crippen molar-refractivity contribution in [3.05, 3.63) is 112 Å². The van der Waals surface area contributed by atoms with Crippen LogP contribution < -0.4 is 5.56 Å². The van der Waals surface area contributed by atoms with Crippen LogP contribution in [0.2, 0.25) is 0 Å². The molecule has 35 heavy (non-hydrogen) atoms. The minimum Gasteiger partial charge on any atom is -0.328 e. The summed E-state index contributed by atoms with van der Waals surface area (Å²) in [4.78, 5) is 34.4. The number of carbonyl (C=O) groups is 1. The lowest BCUT2D eigenvalue weighted by Crippen LogP contribution is -2.39. The Hall–Kier alpha value is -3.73. The Labute approximate surface area is 207 Å². The lowest BCUT2D eigenvalue weighted by Gasteiger charge is -2.32. The van der Waals surface area contributed by atoms with Crippen LogP contribution in [0, 0.1) is 6.92 Å². The normalized spacial score (nSPS) is 12.0. The van der Waals surface area contributed by atoms with Crippen LogP contribution in [0.3, 0.4) is 0 Å². The summed E-state index contributed by atoms with van der Waals surface area (Å²) in [6, 6.07) is 24.8. The van der Waals surface area contributed by atoms with Gasteiger partial charge in [-0.05, 0) is 49.6 Å². The molecule has 0 saturated heterocycles. The third-order valence-corrected chi connectivity index (χ3v) is 6.45. The molecule has 0 aliphatic carbocycles. The zero-order chi connectivity index (χ0) is 24.8. The molecule has 5 heteroatoms. The average Bonchev–Trinajstić information content (AvgIpc) is 2.89. The van der Waals surface area contributed by atoms with Crippen molar-refractivity contribution in [1.29, 1.82) is 0 Å². The van der Waals surface area contributed by atoms with Gasteiger partial charge in [0.2, 0.25) is 0 Å². The highest BCUT2D eigenvalue weighted by molar-refractivity contribution is 5.94. The van der Waals surface area contributed by atoms with E-state index in [1.165, 1.54) is 0 Å². The third kappa shape index (κ3) is 5.35. The molecule has 0 spiro atoms. The first kappa shape index (κ1) is 24.4. The molecule has 0 aliphatic heterocycles. The molecule has 0 fully saturated rings. The van der Waals surface area contributed by atoms with Gasteiger partial charge in [0.25, 0.3) is 11.5 Å². The fourth-order valence-corrected chi connectivity index (χ4v) is 4.49. The van der Waals surface area contributed by atoms with Crippen LogP contribution in [0.25, 0.3) is 10.9 Å². The number of nitrogens with zero attached hydrogens (tertiary/aromatic N) is 3.